The minimum Gasteiger partial charge on any atom is -0.349 e. The third kappa shape index (κ3) is 5.46. The van der Waals surface area contributed by atoms with Crippen LogP contribution in [-0.2, 0) is 10.2 Å². The van der Waals surface area contributed by atoms with Crippen molar-refractivity contribution in [2.24, 2.45) is 5.73 Å². The molecule has 0 aliphatic rings. The van der Waals surface area contributed by atoms with Crippen LogP contribution in [0, 0.1) is 21.0 Å². The van der Waals surface area contributed by atoms with Crippen molar-refractivity contribution in [1.82, 2.24) is 4.31 Å². The molecular weight excluding hydrogens is 496 g/mol. The monoisotopic (exact) mass is 514 g/mol. The van der Waals surface area contributed by atoms with E-state index in [9.17, 15) is 21.6 Å². The summed E-state index contributed by atoms with van der Waals surface area (Å²) in [7, 11) is -2.72. The van der Waals surface area contributed by atoms with Crippen LogP contribution in [0.3, 0.4) is 0 Å². The Labute approximate surface area is 169 Å². The van der Waals surface area contributed by atoms with Crippen LogP contribution < -0.4 is 15.8 Å². The topological polar surface area (TPSA) is 87.5 Å². The first-order chi connectivity index (χ1) is 12.7. The highest BCUT2D eigenvalue weighted by Gasteiger charge is 2.22. The summed E-state index contributed by atoms with van der Waals surface area (Å²) in [6.45, 7) is 0.438. The molecule has 27 heavy (non-hydrogen) atoms. The van der Waals surface area contributed by atoms with Crippen LogP contribution in [0.4, 0.5) is 30.2 Å². The van der Waals surface area contributed by atoms with E-state index in [4.69, 9.17) is 5.73 Å². The Hall–Kier alpha value is -1.57. The van der Waals surface area contributed by atoms with Crippen molar-refractivity contribution in [2.45, 2.75) is 6.42 Å². The van der Waals surface area contributed by atoms with Gasteiger partial charge in [-0.15, -0.1) is 0 Å². The van der Waals surface area contributed by atoms with Crippen LogP contribution in [-0.4, -0.2) is 32.9 Å². The fraction of sp³-hybridized carbons (Fsp3) is 0.250. The van der Waals surface area contributed by atoms with Crippen molar-refractivity contribution in [3.8, 4) is 0 Å². The molecule has 0 bridgehead atoms. The highest BCUT2D eigenvalue weighted by atomic mass is 127. The second-order valence-corrected chi connectivity index (χ2v) is 8.63. The summed E-state index contributed by atoms with van der Waals surface area (Å²) in [4.78, 5) is 0. The van der Waals surface area contributed by atoms with Gasteiger partial charge in [-0.05, 0) is 65.9 Å². The van der Waals surface area contributed by atoms with Gasteiger partial charge in [-0.1, -0.05) is 0 Å². The molecule has 0 amide bonds. The summed E-state index contributed by atoms with van der Waals surface area (Å²) < 4.78 is 70.6. The number of halogens is 4. The third-order valence-corrected chi connectivity index (χ3v) is 5.76. The van der Waals surface area contributed by atoms with Gasteiger partial charge in [0.25, 0.3) is 0 Å². The Morgan fingerprint density at radius 2 is 1.78 bits per heavy atom. The number of benzene rings is 2. The van der Waals surface area contributed by atoms with Crippen molar-refractivity contribution in [3.05, 3.63) is 51.4 Å². The van der Waals surface area contributed by atoms with Crippen molar-refractivity contribution in [3.63, 3.8) is 0 Å². The van der Waals surface area contributed by atoms with E-state index < -0.39 is 33.3 Å². The van der Waals surface area contributed by atoms with Crippen LogP contribution in [0.2, 0.25) is 0 Å². The van der Waals surface area contributed by atoms with Crippen LogP contribution in [0.5, 0.6) is 0 Å². The van der Waals surface area contributed by atoms with Crippen LogP contribution >= 0.6 is 22.6 Å². The van der Waals surface area contributed by atoms with E-state index >= 15 is 0 Å². The third-order valence-electron chi connectivity index (χ3n) is 3.61. The van der Waals surface area contributed by atoms with Crippen molar-refractivity contribution >= 4 is 49.9 Å². The average Bonchev–Trinajstić information content (AvgIpc) is 2.60. The van der Waals surface area contributed by atoms with Gasteiger partial charge in [0.1, 0.15) is 11.5 Å². The zero-order valence-corrected chi connectivity index (χ0v) is 17.2. The van der Waals surface area contributed by atoms with Gasteiger partial charge in [0.05, 0.1) is 11.4 Å². The zero-order valence-electron chi connectivity index (χ0n) is 14.3. The molecule has 0 radical (unpaired) electrons. The predicted molar refractivity (Wildman–Crippen MR) is 108 cm³/mol. The smallest absolute Gasteiger partial charge is 0.301 e. The van der Waals surface area contributed by atoms with Crippen LogP contribution in [0.1, 0.15) is 6.42 Å². The average molecular weight is 514 g/mol. The molecule has 0 aliphatic heterocycles. The highest BCUT2D eigenvalue weighted by molar-refractivity contribution is 14.1. The summed E-state index contributed by atoms with van der Waals surface area (Å²) >= 11 is 1.90. The minimum absolute atomic E-state index is 0.128. The predicted octanol–water partition coefficient (Wildman–Crippen LogP) is 3.39. The molecular formula is C16H18F3IN4O2S. The maximum atomic E-state index is 14.3. The molecule has 6 nitrogen and oxygen atoms in total. The lowest BCUT2D eigenvalue weighted by atomic mass is 10.2. The van der Waals surface area contributed by atoms with Crippen molar-refractivity contribution in [1.29, 1.82) is 0 Å². The first kappa shape index (κ1) is 21.7. The number of hydrogen-bond donors (Lipinski definition) is 3. The number of rotatable bonds is 8. The van der Waals surface area contributed by atoms with E-state index in [0.717, 1.165) is 16.4 Å². The lowest BCUT2D eigenvalue weighted by molar-refractivity contribution is 0.468. The molecule has 0 spiro atoms. The maximum absolute atomic E-state index is 14.3. The number of nitrogens with two attached hydrogens (primary N) is 1. The van der Waals surface area contributed by atoms with Crippen molar-refractivity contribution in [2.75, 3.05) is 30.2 Å². The molecule has 0 unspecified atom stereocenters. The normalized spacial score (nSPS) is 11.7. The quantitative estimate of drug-likeness (QED) is 0.472. The zero-order chi connectivity index (χ0) is 20.2. The number of nitrogens with one attached hydrogen (secondary N) is 2. The lowest BCUT2D eigenvalue weighted by Crippen LogP contribution is -2.34. The number of nitrogens with zero attached hydrogens (tertiary/aromatic N) is 1. The fourth-order valence-corrected chi connectivity index (χ4v) is 3.56. The molecule has 2 aromatic carbocycles. The Morgan fingerprint density at radius 3 is 2.41 bits per heavy atom. The van der Waals surface area contributed by atoms with E-state index in [1.807, 2.05) is 22.6 Å². The van der Waals surface area contributed by atoms with E-state index in [-0.39, 0.29) is 17.9 Å². The first-order valence-corrected chi connectivity index (χ1v) is 10.3. The Bertz CT molecular complexity index is 928. The second-order valence-electron chi connectivity index (χ2n) is 5.60. The Kier molecular flexibility index (Phi) is 7.31. The number of anilines is 3. The second kappa shape index (κ2) is 9.08. The molecule has 0 atom stereocenters. The summed E-state index contributed by atoms with van der Waals surface area (Å²) in [6, 6.07) is 5.94. The molecule has 0 aliphatic carbocycles. The van der Waals surface area contributed by atoms with Gasteiger partial charge in [0.2, 0.25) is 0 Å². The molecule has 0 aromatic heterocycles. The van der Waals surface area contributed by atoms with Gasteiger partial charge in [-0.2, -0.15) is 12.7 Å². The molecule has 2 aromatic rings. The summed E-state index contributed by atoms with van der Waals surface area (Å²) in [5.41, 5.74) is 4.46. The van der Waals surface area contributed by atoms with E-state index in [0.29, 0.717) is 16.5 Å². The lowest BCUT2D eigenvalue weighted by Gasteiger charge is -2.20. The molecule has 11 heteroatoms. The fourth-order valence-electron chi connectivity index (χ4n) is 2.13. The van der Waals surface area contributed by atoms with Gasteiger partial charge < -0.3 is 11.1 Å². The molecule has 148 valence electrons. The summed E-state index contributed by atoms with van der Waals surface area (Å²) in [5, 5.41) is 2.42. The maximum Gasteiger partial charge on any atom is 0.301 e. The highest BCUT2D eigenvalue weighted by Crippen LogP contribution is 2.32. The summed E-state index contributed by atoms with van der Waals surface area (Å²) in [5.74, 6) is -3.24. The standard InChI is InChI=1S/C16H18F3IN4O2S/c1-24(8-2-7-21)27(25,26)23-14-6-4-11(17)15(19)16(14)22-13-5-3-10(20)9-12(13)18/h3-6,9,22-23H,2,7-8,21H2,1H3. The molecule has 0 saturated heterocycles. The minimum atomic E-state index is -4.04. The molecule has 0 heterocycles. The van der Waals surface area contributed by atoms with Gasteiger partial charge in [0, 0.05) is 17.2 Å². The Balaban J connectivity index is 2.39. The van der Waals surface area contributed by atoms with E-state index in [1.165, 1.54) is 19.2 Å². The van der Waals surface area contributed by atoms with Gasteiger partial charge in [-0.25, -0.2) is 13.2 Å². The SMILES string of the molecule is CN(CCCN)S(=O)(=O)Nc1ccc(F)c(F)c1Nc1ccc(I)cc1F. The summed E-state index contributed by atoms with van der Waals surface area (Å²) in [6.07, 6.45) is 0.425. The van der Waals surface area contributed by atoms with Gasteiger partial charge in [-0.3, -0.25) is 4.72 Å². The largest absolute Gasteiger partial charge is 0.349 e. The van der Waals surface area contributed by atoms with Gasteiger partial charge >= 0.3 is 10.2 Å². The molecule has 0 saturated carbocycles. The molecule has 0 fully saturated rings. The van der Waals surface area contributed by atoms with E-state index in [2.05, 4.69) is 10.0 Å². The Morgan fingerprint density at radius 1 is 1.11 bits per heavy atom. The van der Waals surface area contributed by atoms with Crippen LogP contribution in [0.25, 0.3) is 0 Å². The molecule has 4 N–H and O–H groups in total. The van der Waals surface area contributed by atoms with Gasteiger partial charge in [0.15, 0.2) is 11.6 Å². The van der Waals surface area contributed by atoms with E-state index in [1.54, 1.807) is 6.07 Å². The van der Waals surface area contributed by atoms with Crippen LogP contribution in [0.15, 0.2) is 30.3 Å². The first-order valence-electron chi connectivity index (χ1n) is 7.80. The molecule has 2 rings (SSSR count). The van der Waals surface area contributed by atoms with Crippen molar-refractivity contribution < 1.29 is 21.6 Å². The number of hydrogen-bond acceptors (Lipinski definition) is 4.